The van der Waals surface area contributed by atoms with Gasteiger partial charge in [0.2, 0.25) is 0 Å². The maximum absolute atomic E-state index is 12.4. The molecule has 3 rings (SSSR count). The first kappa shape index (κ1) is 16.8. The minimum atomic E-state index is -0.378. The van der Waals surface area contributed by atoms with Gasteiger partial charge in [-0.15, -0.1) is 0 Å². The molecule has 2 aromatic carbocycles. The van der Waals surface area contributed by atoms with Crippen molar-refractivity contribution >= 4 is 17.8 Å². The third-order valence-electron chi connectivity index (χ3n) is 4.01. The predicted molar refractivity (Wildman–Crippen MR) is 95.7 cm³/mol. The molecule has 1 saturated heterocycles. The molecule has 3 amide bonds. The summed E-state index contributed by atoms with van der Waals surface area (Å²) >= 11 is 0. The largest absolute Gasteiger partial charge is 0.415 e. The minimum Gasteiger partial charge on any atom is -0.410 e. The Balaban J connectivity index is 1.53. The van der Waals surface area contributed by atoms with Crippen molar-refractivity contribution in [2.45, 2.75) is 6.42 Å². The van der Waals surface area contributed by atoms with Crippen molar-refractivity contribution in [2.24, 2.45) is 0 Å². The van der Waals surface area contributed by atoms with Gasteiger partial charge in [-0.05, 0) is 30.7 Å². The fraction of sp³-hybridized carbons (Fsp3) is 0.263. The fourth-order valence-electron chi connectivity index (χ4n) is 2.68. The first-order valence-electron chi connectivity index (χ1n) is 8.35. The van der Waals surface area contributed by atoms with Crippen LogP contribution in [-0.4, -0.2) is 48.1 Å². The molecule has 0 saturated carbocycles. The molecule has 0 radical (unpaired) electrons. The highest BCUT2D eigenvalue weighted by Gasteiger charge is 2.23. The van der Waals surface area contributed by atoms with Crippen LogP contribution in [0.15, 0.2) is 60.7 Å². The second kappa shape index (κ2) is 8.19. The monoisotopic (exact) mass is 339 g/mol. The molecule has 2 aromatic rings. The van der Waals surface area contributed by atoms with E-state index in [9.17, 15) is 9.59 Å². The number of benzene rings is 2. The van der Waals surface area contributed by atoms with Crippen molar-refractivity contribution in [1.29, 1.82) is 0 Å². The van der Waals surface area contributed by atoms with Gasteiger partial charge in [0.25, 0.3) is 0 Å². The maximum atomic E-state index is 12.4. The number of anilines is 1. The number of hydrogen-bond donors (Lipinski definition) is 1. The summed E-state index contributed by atoms with van der Waals surface area (Å²) in [4.78, 5) is 28.0. The molecule has 6 heteroatoms. The molecule has 0 unspecified atom stereocenters. The van der Waals surface area contributed by atoms with Gasteiger partial charge in [-0.1, -0.05) is 36.4 Å². The Morgan fingerprint density at radius 2 is 1.40 bits per heavy atom. The fourth-order valence-corrected chi connectivity index (χ4v) is 2.68. The van der Waals surface area contributed by atoms with Crippen LogP contribution in [0.4, 0.5) is 15.3 Å². The lowest BCUT2D eigenvalue weighted by atomic mass is 10.3. The van der Waals surface area contributed by atoms with E-state index in [2.05, 4.69) is 5.32 Å². The van der Waals surface area contributed by atoms with E-state index in [4.69, 9.17) is 4.74 Å². The topological polar surface area (TPSA) is 61.9 Å². The number of nitrogens with zero attached hydrogens (tertiary/aromatic N) is 2. The summed E-state index contributed by atoms with van der Waals surface area (Å²) in [6.45, 7) is 2.10. The predicted octanol–water partition coefficient (Wildman–Crippen LogP) is 3.43. The lowest BCUT2D eigenvalue weighted by Gasteiger charge is -2.22. The van der Waals surface area contributed by atoms with Gasteiger partial charge in [0, 0.05) is 31.9 Å². The second-order valence-electron chi connectivity index (χ2n) is 5.80. The molecule has 1 N–H and O–H groups in total. The van der Waals surface area contributed by atoms with Crippen LogP contribution in [0.3, 0.4) is 0 Å². The first-order chi connectivity index (χ1) is 12.2. The summed E-state index contributed by atoms with van der Waals surface area (Å²) < 4.78 is 5.37. The molecule has 0 bridgehead atoms. The molecule has 130 valence electrons. The number of rotatable bonds is 2. The highest BCUT2D eigenvalue weighted by atomic mass is 16.6. The van der Waals surface area contributed by atoms with E-state index in [1.807, 2.05) is 48.5 Å². The Hall–Kier alpha value is -3.02. The van der Waals surface area contributed by atoms with Crippen LogP contribution in [0, 0.1) is 0 Å². The zero-order valence-corrected chi connectivity index (χ0v) is 13.9. The van der Waals surface area contributed by atoms with Crippen LogP contribution in [0.5, 0.6) is 5.75 Å². The van der Waals surface area contributed by atoms with E-state index in [0.29, 0.717) is 38.3 Å². The standard InChI is InChI=1S/C19H21N3O3/c23-18(20-16-8-3-1-4-9-16)21-12-7-13-22(15-14-21)19(24)25-17-10-5-2-6-11-17/h1-6,8-11H,7,12-15H2,(H,20,23). The summed E-state index contributed by atoms with van der Waals surface area (Å²) in [5, 5.41) is 2.88. The van der Waals surface area contributed by atoms with Crippen LogP contribution >= 0.6 is 0 Å². The average Bonchev–Trinajstić information content (AvgIpc) is 2.90. The number of ether oxygens (including phenoxy) is 1. The number of carbonyl (C=O) groups is 2. The van der Waals surface area contributed by atoms with Crippen LogP contribution < -0.4 is 10.1 Å². The molecule has 1 heterocycles. The number of nitrogens with one attached hydrogen (secondary N) is 1. The van der Waals surface area contributed by atoms with Gasteiger partial charge in [0.05, 0.1) is 0 Å². The Morgan fingerprint density at radius 1 is 0.800 bits per heavy atom. The molecule has 1 aliphatic rings. The molecule has 1 aliphatic heterocycles. The zero-order chi connectivity index (χ0) is 17.5. The molecular formula is C19H21N3O3. The summed E-state index contributed by atoms with van der Waals surface area (Å²) in [5.41, 5.74) is 0.761. The van der Waals surface area contributed by atoms with Gasteiger partial charge in [0.1, 0.15) is 5.75 Å². The van der Waals surface area contributed by atoms with Gasteiger partial charge in [-0.3, -0.25) is 0 Å². The summed E-state index contributed by atoms with van der Waals surface area (Å²) in [5.74, 6) is 0.524. The van der Waals surface area contributed by atoms with Crippen LogP contribution in [0.25, 0.3) is 0 Å². The summed E-state index contributed by atoms with van der Waals surface area (Å²) in [7, 11) is 0. The first-order valence-corrected chi connectivity index (χ1v) is 8.35. The normalized spacial score (nSPS) is 14.6. The third kappa shape index (κ3) is 4.73. The Morgan fingerprint density at radius 3 is 2.12 bits per heavy atom. The molecule has 0 atom stereocenters. The van der Waals surface area contributed by atoms with Crippen molar-refractivity contribution in [3.8, 4) is 5.75 Å². The molecule has 6 nitrogen and oxygen atoms in total. The number of carbonyl (C=O) groups excluding carboxylic acids is 2. The Kier molecular flexibility index (Phi) is 5.51. The molecule has 0 aliphatic carbocycles. The van der Waals surface area contributed by atoms with Gasteiger partial charge < -0.3 is 19.9 Å². The Bertz CT molecular complexity index is 645. The highest BCUT2D eigenvalue weighted by Crippen LogP contribution is 2.13. The number of amides is 3. The third-order valence-corrected chi connectivity index (χ3v) is 4.01. The quantitative estimate of drug-likeness (QED) is 0.912. The molecule has 0 aromatic heterocycles. The lowest BCUT2D eigenvalue weighted by molar-refractivity contribution is 0.153. The van der Waals surface area contributed by atoms with Gasteiger partial charge in [-0.2, -0.15) is 0 Å². The second-order valence-corrected chi connectivity index (χ2v) is 5.80. The number of hydrogen-bond acceptors (Lipinski definition) is 3. The van der Waals surface area contributed by atoms with E-state index in [1.54, 1.807) is 21.9 Å². The number of para-hydroxylation sites is 2. The smallest absolute Gasteiger partial charge is 0.410 e. The van der Waals surface area contributed by atoms with E-state index >= 15 is 0 Å². The molecule has 0 spiro atoms. The lowest BCUT2D eigenvalue weighted by Crippen LogP contribution is -2.40. The zero-order valence-electron chi connectivity index (χ0n) is 13.9. The van der Waals surface area contributed by atoms with E-state index < -0.39 is 0 Å². The van der Waals surface area contributed by atoms with Crippen molar-refractivity contribution in [1.82, 2.24) is 9.80 Å². The van der Waals surface area contributed by atoms with E-state index in [-0.39, 0.29) is 12.1 Å². The summed E-state index contributed by atoms with van der Waals surface area (Å²) in [6, 6.07) is 18.2. The molecule has 25 heavy (non-hydrogen) atoms. The summed E-state index contributed by atoms with van der Waals surface area (Å²) in [6.07, 6.45) is 0.336. The average molecular weight is 339 g/mol. The minimum absolute atomic E-state index is 0.149. The SMILES string of the molecule is O=C(Nc1ccccc1)N1CCCN(C(=O)Oc2ccccc2)CC1. The van der Waals surface area contributed by atoms with Gasteiger partial charge in [0.15, 0.2) is 0 Å². The van der Waals surface area contributed by atoms with Gasteiger partial charge in [-0.25, -0.2) is 9.59 Å². The highest BCUT2D eigenvalue weighted by molar-refractivity contribution is 5.89. The van der Waals surface area contributed by atoms with E-state index in [0.717, 1.165) is 5.69 Å². The maximum Gasteiger partial charge on any atom is 0.415 e. The van der Waals surface area contributed by atoms with Crippen molar-refractivity contribution in [3.05, 3.63) is 60.7 Å². The van der Waals surface area contributed by atoms with Crippen molar-refractivity contribution in [3.63, 3.8) is 0 Å². The van der Waals surface area contributed by atoms with Crippen LogP contribution in [-0.2, 0) is 0 Å². The molecule has 1 fully saturated rings. The van der Waals surface area contributed by atoms with E-state index in [1.165, 1.54) is 0 Å². The van der Waals surface area contributed by atoms with Crippen LogP contribution in [0.2, 0.25) is 0 Å². The Labute approximate surface area is 147 Å². The molecular weight excluding hydrogens is 318 g/mol. The van der Waals surface area contributed by atoms with Crippen molar-refractivity contribution in [2.75, 3.05) is 31.5 Å². The van der Waals surface area contributed by atoms with Crippen molar-refractivity contribution < 1.29 is 14.3 Å². The van der Waals surface area contributed by atoms with Crippen LogP contribution in [0.1, 0.15) is 6.42 Å². The van der Waals surface area contributed by atoms with Gasteiger partial charge >= 0.3 is 12.1 Å². The number of urea groups is 1.